The van der Waals surface area contributed by atoms with Crippen LogP contribution in [0.25, 0.3) is 0 Å². The van der Waals surface area contributed by atoms with Crippen molar-refractivity contribution < 1.29 is 4.79 Å². The third kappa shape index (κ3) is 3.89. The van der Waals surface area contributed by atoms with Gasteiger partial charge >= 0.3 is 0 Å². The molecule has 1 amide bonds. The zero-order valence-electron chi connectivity index (χ0n) is 11.3. The van der Waals surface area contributed by atoms with Crippen molar-refractivity contribution in [3.05, 3.63) is 54.2 Å². The van der Waals surface area contributed by atoms with E-state index in [0.29, 0.717) is 17.1 Å². The summed E-state index contributed by atoms with van der Waals surface area (Å²) in [5.74, 6) is 0.118. The first-order valence-corrected chi connectivity index (χ1v) is 6.19. The number of benzene rings is 1. The number of carbonyl (C=O) groups is 1. The third-order valence-electron chi connectivity index (χ3n) is 2.55. The minimum absolute atomic E-state index is 0.261. The molecule has 1 aromatic heterocycles. The first-order chi connectivity index (χ1) is 10.7. The lowest BCUT2D eigenvalue weighted by atomic mass is 10.2. The van der Waals surface area contributed by atoms with Crippen molar-refractivity contribution in [2.24, 2.45) is 5.10 Å². The largest absolute Gasteiger partial charge is 0.307 e. The monoisotopic (exact) mass is 290 g/mol. The van der Waals surface area contributed by atoms with Crippen molar-refractivity contribution in [3.63, 3.8) is 0 Å². The maximum Gasteiger partial charge on any atom is 0.256 e. The Morgan fingerprint density at radius 1 is 1.09 bits per heavy atom. The number of nitrogens with one attached hydrogen (secondary N) is 2. The molecular formula is C15H10N6O. The van der Waals surface area contributed by atoms with E-state index in [4.69, 9.17) is 10.5 Å². The van der Waals surface area contributed by atoms with E-state index < -0.39 is 0 Å². The number of hydrazone groups is 1. The Morgan fingerprint density at radius 2 is 1.82 bits per heavy atom. The van der Waals surface area contributed by atoms with E-state index in [1.54, 1.807) is 48.5 Å². The number of anilines is 2. The SMILES string of the molecule is N#CC(C#N)=NNc1ccc(NC(=O)c2ccccc2)nc1. The maximum absolute atomic E-state index is 11.9. The Morgan fingerprint density at radius 3 is 2.41 bits per heavy atom. The molecule has 7 nitrogen and oxygen atoms in total. The van der Waals surface area contributed by atoms with Gasteiger partial charge in [-0.05, 0) is 24.3 Å². The van der Waals surface area contributed by atoms with E-state index in [9.17, 15) is 4.79 Å². The number of rotatable bonds is 4. The van der Waals surface area contributed by atoms with E-state index in [2.05, 4.69) is 20.8 Å². The third-order valence-corrected chi connectivity index (χ3v) is 2.55. The minimum atomic E-state index is -0.290. The summed E-state index contributed by atoms with van der Waals surface area (Å²) in [5.41, 5.74) is 3.25. The molecule has 0 fully saturated rings. The van der Waals surface area contributed by atoms with Crippen LogP contribution in [0.15, 0.2) is 53.8 Å². The lowest BCUT2D eigenvalue weighted by molar-refractivity contribution is 0.102. The van der Waals surface area contributed by atoms with Crippen LogP contribution in [-0.4, -0.2) is 16.6 Å². The minimum Gasteiger partial charge on any atom is -0.307 e. The lowest BCUT2D eigenvalue weighted by Crippen LogP contribution is -2.12. The van der Waals surface area contributed by atoms with Gasteiger partial charge in [0, 0.05) is 5.56 Å². The first-order valence-electron chi connectivity index (χ1n) is 6.19. The van der Waals surface area contributed by atoms with Crippen LogP contribution in [0.3, 0.4) is 0 Å². The van der Waals surface area contributed by atoms with E-state index in [0.717, 1.165) is 0 Å². The predicted octanol–water partition coefficient (Wildman–Crippen LogP) is 2.15. The molecule has 22 heavy (non-hydrogen) atoms. The lowest BCUT2D eigenvalue weighted by Gasteiger charge is -2.05. The quantitative estimate of drug-likeness (QED) is 0.661. The first kappa shape index (κ1) is 14.7. The van der Waals surface area contributed by atoms with Gasteiger partial charge in [-0.25, -0.2) is 4.98 Å². The number of carbonyl (C=O) groups excluding carboxylic acids is 1. The van der Waals surface area contributed by atoms with Gasteiger partial charge in [0.25, 0.3) is 5.91 Å². The van der Waals surface area contributed by atoms with E-state index in [-0.39, 0.29) is 11.6 Å². The van der Waals surface area contributed by atoms with Gasteiger partial charge in [-0.3, -0.25) is 10.2 Å². The van der Waals surface area contributed by atoms with Gasteiger partial charge in [-0.15, -0.1) is 0 Å². The molecule has 2 rings (SSSR count). The molecule has 0 spiro atoms. The summed E-state index contributed by atoms with van der Waals surface area (Å²) in [6.07, 6.45) is 1.43. The Labute approximate surface area is 126 Å². The molecule has 7 heteroatoms. The normalized spacial score (nSPS) is 9.00. The van der Waals surface area contributed by atoms with Gasteiger partial charge in [0.2, 0.25) is 5.71 Å². The molecule has 0 aliphatic carbocycles. The summed E-state index contributed by atoms with van der Waals surface area (Å²) in [6.45, 7) is 0. The van der Waals surface area contributed by atoms with Crippen molar-refractivity contribution in [2.45, 2.75) is 0 Å². The number of aromatic nitrogens is 1. The average molecular weight is 290 g/mol. The summed E-state index contributed by atoms with van der Waals surface area (Å²) < 4.78 is 0. The van der Waals surface area contributed by atoms with E-state index >= 15 is 0 Å². The van der Waals surface area contributed by atoms with Crippen LogP contribution >= 0.6 is 0 Å². The van der Waals surface area contributed by atoms with Crippen LogP contribution in [0, 0.1) is 22.7 Å². The molecule has 1 aromatic carbocycles. The second-order valence-electron chi connectivity index (χ2n) is 4.05. The van der Waals surface area contributed by atoms with Crippen LogP contribution in [0.1, 0.15) is 10.4 Å². The number of hydrogen-bond donors (Lipinski definition) is 2. The Kier molecular flexibility index (Phi) is 4.79. The molecule has 0 radical (unpaired) electrons. The fourth-order valence-corrected chi connectivity index (χ4v) is 1.51. The molecule has 106 valence electrons. The smallest absolute Gasteiger partial charge is 0.256 e. The summed E-state index contributed by atoms with van der Waals surface area (Å²) in [4.78, 5) is 16.0. The summed E-state index contributed by atoms with van der Waals surface area (Å²) in [7, 11) is 0. The number of hydrogen-bond acceptors (Lipinski definition) is 6. The standard InChI is InChI=1S/C15H10N6O/c16-8-13(9-17)21-20-12-6-7-14(18-10-12)19-15(22)11-4-2-1-3-5-11/h1-7,10,20H,(H,18,19,22). The Hall–Kier alpha value is -3.71. The topological polar surface area (TPSA) is 114 Å². The number of nitriles is 2. The van der Waals surface area contributed by atoms with E-state index in [1.807, 2.05) is 6.07 Å². The number of amides is 1. The van der Waals surface area contributed by atoms with Gasteiger partial charge < -0.3 is 5.32 Å². The fourth-order valence-electron chi connectivity index (χ4n) is 1.51. The molecule has 0 aliphatic rings. The molecule has 0 bridgehead atoms. The molecule has 0 atom stereocenters. The summed E-state index contributed by atoms with van der Waals surface area (Å²) >= 11 is 0. The highest BCUT2D eigenvalue weighted by Gasteiger charge is 2.05. The molecule has 2 aromatic rings. The van der Waals surface area contributed by atoms with Gasteiger partial charge in [-0.2, -0.15) is 15.6 Å². The van der Waals surface area contributed by atoms with Crippen LogP contribution in [-0.2, 0) is 0 Å². The molecule has 0 saturated carbocycles. The summed E-state index contributed by atoms with van der Waals surface area (Å²) in [5, 5.41) is 23.3. The second kappa shape index (κ2) is 7.17. The number of nitrogens with zero attached hydrogens (tertiary/aromatic N) is 4. The highest BCUT2D eigenvalue weighted by molar-refractivity contribution is 6.10. The van der Waals surface area contributed by atoms with Crippen molar-refractivity contribution in [1.29, 1.82) is 10.5 Å². The number of pyridine rings is 1. The average Bonchev–Trinajstić information content (AvgIpc) is 2.58. The predicted molar refractivity (Wildman–Crippen MR) is 80.9 cm³/mol. The van der Waals surface area contributed by atoms with Crippen molar-refractivity contribution in [2.75, 3.05) is 10.7 Å². The molecule has 0 aliphatic heterocycles. The van der Waals surface area contributed by atoms with Crippen molar-refractivity contribution >= 4 is 23.1 Å². The van der Waals surface area contributed by atoms with Crippen LogP contribution in [0.4, 0.5) is 11.5 Å². The summed E-state index contributed by atoms with van der Waals surface area (Å²) in [6, 6.07) is 15.2. The maximum atomic E-state index is 11.9. The fraction of sp³-hybridized carbons (Fsp3) is 0. The van der Waals surface area contributed by atoms with Crippen LogP contribution in [0.2, 0.25) is 0 Å². The zero-order valence-corrected chi connectivity index (χ0v) is 11.3. The zero-order chi connectivity index (χ0) is 15.8. The van der Waals surface area contributed by atoms with Gasteiger partial charge in [-0.1, -0.05) is 18.2 Å². The second-order valence-corrected chi connectivity index (χ2v) is 4.05. The van der Waals surface area contributed by atoms with Gasteiger partial charge in [0.05, 0.1) is 11.9 Å². The molecule has 0 unspecified atom stereocenters. The molecule has 2 N–H and O–H groups in total. The highest BCUT2D eigenvalue weighted by atomic mass is 16.1. The van der Waals surface area contributed by atoms with Crippen LogP contribution in [0.5, 0.6) is 0 Å². The van der Waals surface area contributed by atoms with Gasteiger partial charge in [0.1, 0.15) is 18.0 Å². The highest BCUT2D eigenvalue weighted by Crippen LogP contribution is 2.11. The molecule has 0 saturated heterocycles. The van der Waals surface area contributed by atoms with Crippen molar-refractivity contribution in [1.82, 2.24) is 4.98 Å². The van der Waals surface area contributed by atoms with Crippen LogP contribution < -0.4 is 10.7 Å². The molecular weight excluding hydrogens is 280 g/mol. The molecule has 1 heterocycles. The Bertz CT molecular complexity index is 752. The van der Waals surface area contributed by atoms with Gasteiger partial charge in [0.15, 0.2) is 0 Å². The Balaban J connectivity index is 2.01. The van der Waals surface area contributed by atoms with E-state index in [1.165, 1.54) is 6.20 Å². The van der Waals surface area contributed by atoms with Crippen molar-refractivity contribution in [3.8, 4) is 12.1 Å².